The largest absolute Gasteiger partial charge is 0.378 e. The maximum atomic E-state index is 12.8. The van der Waals surface area contributed by atoms with Crippen LogP contribution in [0.25, 0.3) is 0 Å². The molecule has 0 radical (unpaired) electrons. The van der Waals surface area contributed by atoms with Crippen LogP contribution in [0.1, 0.15) is 17.5 Å². The number of hydrogen-bond donors (Lipinski definition) is 1. The molecule has 2 heterocycles. The molecule has 2 aliphatic rings. The molecule has 4 rings (SSSR count). The van der Waals surface area contributed by atoms with Gasteiger partial charge in [0.2, 0.25) is 5.91 Å². The smallest absolute Gasteiger partial charge is 0.232 e. The Morgan fingerprint density at radius 2 is 1.88 bits per heavy atom. The zero-order valence-electron chi connectivity index (χ0n) is 15.0. The van der Waals surface area contributed by atoms with Gasteiger partial charge in [-0.2, -0.15) is 0 Å². The van der Waals surface area contributed by atoms with Gasteiger partial charge in [-0.1, -0.05) is 30.3 Å². The van der Waals surface area contributed by atoms with Crippen LogP contribution in [0.3, 0.4) is 0 Å². The van der Waals surface area contributed by atoms with Crippen molar-refractivity contribution in [1.82, 2.24) is 4.90 Å². The summed E-state index contributed by atoms with van der Waals surface area (Å²) in [6.45, 7) is 2.72. The van der Waals surface area contributed by atoms with Crippen molar-refractivity contribution in [3.8, 4) is 0 Å². The second-order valence-corrected chi connectivity index (χ2v) is 7.59. The normalized spacial score (nSPS) is 22.7. The van der Waals surface area contributed by atoms with Crippen LogP contribution in [0.15, 0.2) is 48.5 Å². The molecule has 2 aromatic carbocycles. The van der Waals surface area contributed by atoms with Gasteiger partial charge in [0.25, 0.3) is 0 Å². The van der Waals surface area contributed by atoms with E-state index in [1.54, 1.807) is 0 Å². The van der Waals surface area contributed by atoms with Gasteiger partial charge in [0.15, 0.2) is 0 Å². The number of carbonyl (C=O) groups is 1. The minimum Gasteiger partial charge on any atom is -0.378 e. The molecule has 1 N–H and O–H groups in total. The Kier molecular flexibility index (Phi) is 4.00. The molecule has 1 amide bonds. The number of anilines is 2. The third-order valence-corrected chi connectivity index (χ3v) is 5.57. The number of rotatable bonds is 3. The van der Waals surface area contributed by atoms with E-state index < -0.39 is 0 Å². The third-order valence-electron chi connectivity index (χ3n) is 5.57. The highest BCUT2D eigenvalue weighted by Gasteiger charge is 2.46. The lowest BCUT2D eigenvalue weighted by molar-refractivity contribution is -0.125. The molecule has 130 valence electrons. The van der Waals surface area contributed by atoms with Gasteiger partial charge in [0, 0.05) is 38.6 Å². The Hall–Kier alpha value is -2.33. The predicted molar refractivity (Wildman–Crippen MR) is 102 cm³/mol. The van der Waals surface area contributed by atoms with Crippen LogP contribution in [0.4, 0.5) is 11.4 Å². The van der Waals surface area contributed by atoms with Gasteiger partial charge in [-0.05, 0) is 48.7 Å². The fourth-order valence-electron chi connectivity index (χ4n) is 4.08. The van der Waals surface area contributed by atoms with E-state index in [-0.39, 0.29) is 11.3 Å². The van der Waals surface area contributed by atoms with Crippen LogP contribution in [0.2, 0.25) is 0 Å². The number of likely N-dealkylation sites (tertiary alicyclic amines) is 1. The van der Waals surface area contributed by atoms with Crippen molar-refractivity contribution >= 4 is 17.3 Å². The Labute approximate surface area is 149 Å². The van der Waals surface area contributed by atoms with Gasteiger partial charge >= 0.3 is 0 Å². The summed E-state index contributed by atoms with van der Waals surface area (Å²) >= 11 is 0. The maximum absolute atomic E-state index is 12.8. The summed E-state index contributed by atoms with van der Waals surface area (Å²) in [4.78, 5) is 17.3. The highest BCUT2D eigenvalue weighted by atomic mass is 16.2. The second-order valence-electron chi connectivity index (χ2n) is 7.59. The molecular formula is C21H25N3O. The lowest BCUT2D eigenvalue weighted by Crippen LogP contribution is -2.43. The summed E-state index contributed by atoms with van der Waals surface area (Å²) in [5.41, 5.74) is 4.50. The molecule has 0 aromatic heterocycles. The van der Waals surface area contributed by atoms with E-state index in [1.807, 2.05) is 12.1 Å². The quantitative estimate of drug-likeness (QED) is 0.936. The molecular weight excluding hydrogens is 310 g/mol. The van der Waals surface area contributed by atoms with Crippen LogP contribution in [0.5, 0.6) is 0 Å². The number of benzene rings is 2. The first-order valence-electron chi connectivity index (χ1n) is 8.94. The topological polar surface area (TPSA) is 35.6 Å². The number of carbonyl (C=O) groups excluding carboxylic acids is 1. The first-order valence-corrected chi connectivity index (χ1v) is 8.94. The van der Waals surface area contributed by atoms with Crippen molar-refractivity contribution in [2.45, 2.75) is 19.4 Å². The Balaban J connectivity index is 1.47. The molecule has 1 spiro atoms. The highest BCUT2D eigenvalue weighted by molar-refractivity contribution is 5.98. The molecule has 0 bridgehead atoms. The lowest BCUT2D eigenvalue weighted by Gasteiger charge is -2.33. The van der Waals surface area contributed by atoms with E-state index in [9.17, 15) is 4.79 Å². The summed E-state index contributed by atoms with van der Waals surface area (Å²) in [6, 6.07) is 16.9. The molecule has 1 saturated heterocycles. The molecule has 0 saturated carbocycles. The zero-order chi connectivity index (χ0) is 17.4. The fraction of sp³-hybridized carbons (Fsp3) is 0.381. The summed E-state index contributed by atoms with van der Waals surface area (Å²) < 4.78 is 0. The lowest BCUT2D eigenvalue weighted by atomic mass is 9.77. The molecule has 1 fully saturated rings. The average Bonchev–Trinajstić information content (AvgIpc) is 3.00. The minimum atomic E-state index is -0.266. The Morgan fingerprint density at radius 3 is 2.64 bits per heavy atom. The van der Waals surface area contributed by atoms with Crippen molar-refractivity contribution in [3.63, 3.8) is 0 Å². The summed E-state index contributed by atoms with van der Waals surface area (Å²) in [5.74, 6) is 0.191. The van der Waals surface area contributed by atoms with Crippen molar-refractivity contribution in [2.24, 2.45) is 5.41 Å². The standard InChI is InChI=1S/C21H25N3O/c1-23(2)18-9-7-16(8-10-18)14-24-12-11-21(15-24)13-17-5-3-4-6-19(17)22-20(21)25/h3-10H,11-15H2,1-2H3,(H,22,25). The van der Waals surface area contributed by atoms with Crippen molar-refractivity contribution < 1.29 is 4.79 Å². The van der Waals surface area contributed by atoms with Crippen LogP contribution < -0.4 is 10.2 Å². The number of nitrogens with zero attached hydrogens (tertiary/aromatic N) is 2. The molecule has 0 aliphatic carbocycles. The van der Waals surface area contributed by atoms with E-state index in [1.165, 1.54) is 16.8 Å². The van der Waals surface area contributed by atoms with E-state index in [0.717, 1.165) is 38.2 Å². The molecule has 2 aliphatic heterocycles. The van der Waals surface area contributed by atoms with Crippen LogP contribution in [-0.4, -0.2) is 38.0 Å². The summed E-state index contributed by atoms with van der Waals surface area (Å²) in [5, 5.41) is 3.13. The van der Waals surface area contributed by atoms with Gasteiger partial charge < -0.3 is 10.2 Å². The average molecular weight is 335 g/mol. The first kappa shape index (κ1) is 16.2. The fourth-order valence-corrected chi connectivity index (χ4v) is 4.08. The number of nitrogens with one attached hydrogen (secondary N) is 1. The predicted octanol–water partition coefficient (Wildman–Crippen LogP) is 3.14. The molecule has 25 heavy (non-hydrogen) atoms. The van der Waals surface area contributed by atoms with E-state index >= 15 is 0 Å². The Morgan fingerprint density at radius 1 is 1.12 bits per heavy atom. The van der Waals surface area contributed by atoms with Crippen LogP contribution in [-0.2, 0) is 17.8 Å². The number of amides is 1. The third kappa shape index (κ3) is 3.02. The highest BCUT2D eigenvalue weighted by Crippen LogP contribution is 2.41. The summed E-state index contributed by atoms with van der Waals surface area (Å²) in [7, 11) is 4.11. The second kappa shape index (κ2) is 6.19. The van der Waals surface area contributed by atoms with Gasteiger partial charge in [-0.25, -0.2) is 0 Å². The van der Waals surface area contributed by atoms with E-state index in [0.29, 0.717) is 0 Å². The number of hydrogen-bond acceptors (Lipinski definition) is 3. The maximum Gasteiger partial charge on any atom is 0.232 e. The molecule has 2 aromatic rings. The number of fused-ring (bicyclic) bond motifs is 1. The van der Waals surface area contributed by atoms with E-state index in [4.69, 9.17) is 0 Å². The van der Waals surface area contributed by atoms with Gasteiger partial charge in [-0.3, -0.25) is 9.69 Å². The van der Waals surface area contributed by atoms with Crippen molar-refractivity contribution in [2.75, 3.05) is 37.4 Å². The number of para-hydroxylation sites is 1. The van der Waals surface area contributed by atoms with Gasteiger partial charge in [0.1, 0.15) is 0 Å². The van der Waals surface area contributed by atoms with E-state index in [2.05, 4.69) is 65.6 Å². The molecule has 1 unspecified atom stereocenters. The van der Waals surface area contributed by atoms with Crippen LogP contribution in [0, 0.1) is 5.41 Å². The molecule has 4 nitrogen and oxygen atoms in total. The van der Waals surface area contributed by atoms with Crippen LogP contribution >= 0.6 is 0 Å². The Bertz CT molecular complexity index is 784. The SMILES string of the molecule is CN(C)c1ccc(CN2CCC3(Cc4ccccc4NC3=O)C2)cc1. The van der Waals surface area contributed by atoms with Crippen molar-refractivity contribution in [3.05, 3.63) is 59.7 Å². The molecule has 4 heteroatoms. The van der Waals surface area contributed by atoms with Gasteiger partial charge in [0.05, 0.1) is 5.41 Å². The van der Waals surface area contributed by atoms with Gasteiger partial charge in [-0.15, -0.1) is 0 Å². The van der Waals surface area contributed by atoms with Crippen molar-refractivity contribution in [1.29, 1.82) is 0 Å². The zero-order valence-corrected chi connectivity index (χ0v) is 15.0. The first-order chi connectivity index (χ1) is 12.1. The minimum absolute atomic E-state index is 0.191. The summed E-state index contributed by atoms with van der Waals surface area (Å²) in [6.07, 6.45) is 1.79. The molecule has 1 atom stereocenters. The monoisotopic (exact) mass is 335 g/mol.